The summed E-state index contributed by atoms with van der Waals surface area (Å²) in [6.45, 7) is 8.86. The van der Waals surface area contributed by atoms with Crippen LogP contribution in [0.2, 0.25) is 0 Å². The summed E-state index contributed by atoms with van der Waals surface area (Å²) >= 11 is 0. The predicted molar refractivity (Wildman–Crippen MR) is 82.2 cm³/mol. The molecule has 1 aliphatic carbocycles. The summed E-state index contributed by atoms with van der Waals surface area (Å²) in [7, 11) is 0. The molecule has 1 aromatic heterocycles. The Balaban J connectivity index is 1.45. The molecule has 6 heteroatoms. The van der Waals surface area contributed by atoms with Crippen molar-refractivity contribution < 1.29 is 9.32 Å². The Kier molecular flexibility index (Phi) is 4.21. The number of nitrogens with one attached hydrogen (secondary N) is 1. The number of piperidine rings is 1. The summed E-state index contributed by atoms with van der Waals surface area (Å²) in [5, 5.41) is 7.24. The molecule has 1 saturated carbocycles. The van der Waals surface area contributed by atoms with Gasteiger partial charge in [0.05, 0.1) is 6.54 Å². The van der Waals surface area contributed by atoms with E-state index in [0.29, 0.717) is 24.4 Å². The summed E-state index contributed by atoms with van der Waals surface area (Å²) < 4.78 is 5.35. The number of hydrogen-bond acceptors (Lipinski definition) is 5. The van der Waals surface area contributed by atoms with Crippen LogP contribution in [-0.4, -0.2) is 40.1 Å². The number of likely N-dealkylation sites (tertiary alicyclic amines) is 1. The van der Waals surface area contributed by atoms with Crippen LogP contribution in [0.1, 0.15) is 58.2 Å². The van der Waals surface area contributed by atoms with Gasteiger partial charge in [-0.25, -0.2) is 0 Å². The van der Waals surface area contributed by atoms with Gasteiger partial charge in [0.2, 0.25) is 11.8 Å². The second-order valence-corrected chi connectivity index (χ2v) is 7.60. The van der Waals surface area contributed by atoms with Crippen LogP contribution in [0.4, 0.5) is 0 Å². The lowest BCUT2D eigenvalue weighted by atomic mass is 9.96. The molecule has 1 aromatic rings. The highest BCUT2D eigenvalue weighted by Gasteiger charge is 2.32. The SMILES string of the molecule is CC(C)(C)c1noc(CN2CCC(NC(=O)C3CC3)CC2)n1. The standard InChI is InChI=1S/C16H26N4O2/c1-16(2,3)15-18-13(22-19-15)10-20-8-6-12(7-9-20)17-14(21)11-4-5-11/h11-12H,4-10H2,1-3H3,(H,17,21). The van der Waals surface area contributed by atoms with E-state index in [4.69, 9.17) is 4.52 Å². The molecule has 1 aliphatic heterocycles. The van der Waals surface area contributed by atoms with Crippen LogP contribution in [0.5, 0.6) is 0 Å². The minimum atomic E-state index is -0.0815. The Morgan fingerprint density at radius 2 is 1.95 bits per heavy atom. The first-order chi connectivity index (χ1) is 10.4. The van der Waals surface area contributed by atoms with Crippen molar-refractivity contribution >= 4 is 5.91 Å². The molecular formula is C16H26N4O2. The Labute approximate surface area is 131 Å². The molecule has 1 N–H and O–H groups in total. The lowest BCUT2D eigenvalue weighted by Crippen LogP contribution is -2.44. The molecule has 2 heterocycles. The molecule has 2 aliphatic rings. The molecule has 122 valence electrons. The van der Waals surface area contributed by atoms with Crippen LogP contribution in [0, 0.1) is 5.92 Å². The van der Waals surface area contributed by atoms with Crippen LogP contribution >= 0.6 is 0 Å². The van der Waals surface area contributed by atoms with Crippen molar-refractivity contribution in [1.29, 1.82) is 0 Å². The number of carbonyl (C=O) groups is 1. The lowest BCUT2D eigenvalue weighted by Gasteiger charge is -2.31. The van der Waals surface area contributed by atoms with Crippen LogP contribution < -0.4 is 5.32 Å². The van der Waals surface area contributed by atoms with E-state index in [0.717, 1.165) is 44.6 Å². The molecule has 1 saturated heterocycles. The van der Waals surface area contributed by atoms with Gasteiger partial charge in [-0.15, -0.1) is 0 Å². The van der Waals surface area contributed by atoms with E-state index in [-0.39, 0.29) is 11.3 Å². The molecule has 3 rings (SSSR count). The maximum Gasteiger partial charge on any atom is 0.240 e. The van der Waals surface area contributed by atoms with Gasteiger partial charge in [0.25, 0.3) is 0 Å². The highest BCUT2D eigenvalue weighted by atomic mass is 16.5. The Morgan fingerprint density at radius 1 is 1.27 bits per heavy atom. The molecular weight excluding hydrogens is 280 g/mol. The number of carbonyl (C=O) groups excluding carboxylic acids is 1. The summed E-state index contributed by atoms with van der Waals surface area (Å²) in [6, 6.07) is 0.331. The van der Waals surface area contributed by atoms with E-state index < -0.39 is 0 Å². The number of nitrogens with zero attached hydrogens (tertiary/aromatic N) is 3. The molecule has 0 atom stereocenters. The van der Waals surface area contributed by atoms with Gasteiger partial charge in [-0.05, 0) is 25.7 Å². The maximum absolute atomic E-state index is 11.8. The fraction of sp³-hybridized carbons (Fsp3) is 0.812. The van der Waals surface area contributed by atoms with Gasteiger partial charge in [0.1, 0.15) is 0 Å². The van der Waals surface area contributed by atoms with Crippen molar-refractivity contribution in [1.82, 2.24) is 20.4 Å². The smallest absolute Gasteiger partial charge is 0.240 e. The molecule has 1 amide bonds. The van der Waals surface area contributed by atoms with Crippen LogP contribution in [0.3, 0.4) is 0 Å². The molecule has 0 aromatic carbocycles. The molecule has 22 heavy (non-hydrogen) atoms. The fourth-order valence-electron chi connectivity index (χ4n) is 2.71. The van der Waals surface area contributed by atoms with E-state index in [2.05, 4.69) is 41.1 Å². The third-order valence-corrected chi connectivity index (χ3v) is 4.38. The average molecular weight is 306 g/mol. The fourth-order valence-corrected chi connectivity index (χ4v) is 2.71. The zero-order valence-electron chi connectivity index (χ0n) is 13.8. The first-order valence-electron chi connectivity index (χ1n) is 8.27. The minimum absolute atomic E-state index is 0.0815. The predicted octanol–water partition coefficient (Wildman–Crippen LogP) is 1.86. The van der Waals surface area contributed by atoms with Crippen molar-refractivity contribution in [3.63, 3.8) is 0 Å². The highest BCUT2D eigenvalue weighted by molar-refractivity contribution is 5.81. The van der Waals surface area contributed by atoms with Crippen LogP contribution in [0.15, 0.2) is 4.52 Å². The van der Waals surface area contributed by atoms with Crippen LogP contribution in [0.25, 0.3) is 0 Å². The van der Waals surface area contributed by atoms with Crippen molar-refractivity contribution in [2.45, 2.75) is 64.5 Å². The lowest BCUT2D eigenvalue weighted by molar-refractivity contribution is -0.123. The summed E-state index contributed by atoms with van der Waals surface area (Å²) in [6.07, 6.45) is 4.13. The van der Waals surface area contributed by atoms with Gasteiger partial charge in [0.15, 0.2) is 5.82 Å². The molecule has 0 radical (unpaired) electrons. The van der Waals surface area contributed by atoms with Crippen molar-refractivity contribution in [2.75, 3.05) is 13.1 Å². The average Bonchev–Trinajstić information content (AvgIpc) is 3.20. The van der Waals surface area contributed by atoms with Gasteiger partial charge < -0.3 is 9.84 Å². The number of hydrogen-bond donors (Lipinski definition) is 1. The van der Waals surface area contributed by atoms with E-state index in [9.17, 15) is 4.79 Å². The first-order valence-corrected chi connectivity index (χ1v) is 8.27. The third-order valence-electron chi connectivity index (χ3n) is 4.38. The van der Waals surface area contributed by atoms with Crippen molar-refractivity contribution in [3.8, 4) is 0 Å². The Bertz CT molecular complexity index is 522. The van der Waals surface area contributed by atoms with E-state index in [1.54, 1.807) is 0 Å². The van der Waals surface area contributed by atoms with E-state index in [1.165, 1.54) is 0 Å². The zero-order valence-corrected chi connectivity index (χ0v) is 13.8. The third kappa shape index (κ3) is 3.85. The van der Waals surface area contributed by atoms with Gasteiger partial charge in [-0.2, -0.15) is 4.98 Å². The summed E-state index contributed by atoms with van der Waals surface area (Å²) in [5.41, 5.74) is -0.0815. The van der Waals surface area contributed by atoms with Gasteiger partial charge in [-0.3, -0.25) is 9.69 Å². The summed E-state index contributed by atoms with van der Waals surface area (Å²) in [4.78, 5) is 18.6. The maximum atomic E-state index is 11.8. The van der Waals surface area contributed by atoms with Crippen molar-refractivity contribution in [2.24, 2.45) is 5.92 Å². The first kappa shape index (κ1) is 15.5. The molecule has 0 unspecified atom stereocenters. The molecule has 2 fully saturated rings. The van der Waals surface area contributed by atoms with Gasteiger partial charge in [0, 0.05) is 30.5 Å². The van der Waals surface area contributed by atoms with E-state index in [1.807, 2.05) is 0 Å². The molecule has 6 nitrogen and oxygen atoms in total. The summed E-state index contributed by atoms with van der Waals surface area (Å²) in [5.74, 6) is 2.00. The van der Waals surface area contributed by atoms with Crippen LogP contribution in [-0.2, 0) is 16.8 Å². The Hall–Kier alpha value is -1.43. The Morgan fingerprint density at radius 3 is 2.50 bits per heavy atom. The monoisotopic (exact) mass is 306 g/mol. The van der Waals surface area contributed by atoms with Crippen molar-refractivity contribution in [3.05, 3.63) is 11.7 Å². The minimum Gasteiger partial charge on any atom is -0.353 e. The largest absolute Gasteiger partial charge is 0.353 e. The topological polar surface area (TPSA) is 71.3 Å². The second kappa shape index (κ2) is 5.99. The van der Waals surface area contributed by atoms with Gasteiger partial charge >= 0.3 is 0 Å². The van der Waals surface area contributed by atoms with Gasteiger partial charge in [-0.1, -0.05) is 25.9 Å². The normalized spacial score (nSPS) is 21.0. The quantitative estimate of drug-likeness (QED) is 0.919. The highest BCUT2D eigenvalue weighted by Crippen LogP contribution is 2.29. The second-order valence-electron chi connectivity index (χ2n) is 7.60. The number of rotatable bonds is 4. The number of aromatic nitrogens is 2. The zero-order chi connectivity index (χ0) is 15.7. The number of amides is 1. The molecule has 0 spiro atoms. The van der Waals surface area contributed by atoms with E-state index >= 15 is 0 Å². The molecule has 0 bridgehead atoms.